The molecule has 0 saturated carbocycles. The van der Waals surface area contributed by atoms with E-state index in [9.17, 15) is 0 Å². The van der Waals surface area contributed by atoms with E-state index in [1.165, 1.54) is 0 Å². The lowest BCUT2D eigenvalue weighted by atomic mass is 8.24. The van der Waals surface area contributed by atoms with Crippen LogP contribution in [0.1, 0.15) is 40.1 Å². The van der Waals surface area contributed by atoms with Gasteiger partial charge in [-0.15, -0.1) is 0 Å². The number of aromatic nitrogens is 1. The van der Waals surface area contributed by atoms with Crippen LogP contribution < -0.4 is 5.46 Å². The minimum Gasteiger partial charge on any atom is -0.399 e. The molecule has 58 heteroatoms. The van der Waals surface area contributed by atoms with Crippen LogP contribution in [0.5, 0.6) is 0 Å². The summed E-state index contributed by atoms with van der Waals surface area (Å²) in [5, 5.41) is 0. The van der Waals surface area contributed by atoms with Gasteiger partial charge in [-0.1, -0.05) is 54.5 Å². The topological polar surface area (TPSA) is 31.4 Å². The van der Waals surface area contributed by atoms with E-state index >= 15 is 0 Å². The second kappa shape index (κ2) is 33.9. The summed E-state index contributed by atoms with van der Waals surface area (Å²) in [6.07, 6.45) is -33.5. The second-order valence-corrected chi connectivity index (χ2v) is 23.1. The van der Waals surface area contributed by atoms with E-state index < -0.39 is 190 Å². The van der Waals surface area contributed by atoms with Crippen molar-refractivity contribution in [2.75, 3.05) is 0 Å². The Bertz CT molecular complexity index is 2420. The first-order chi connectivity index (χ1) is 39.8. The normalized spacial score (nSPS) is 13.3. The van der Waals surface area contributed by atoms with Gasteiger partial charge in [-0.25, -0.2) is 0 Å². The highest BCUT2D eigenvalue weighted by molar-refractivity contribution is 8.36. The molecular weight excluding hydrogens is 929 g/mol. The molecule has 0 spiro atoms. The first kappa shape index (κ1) is 69.0. The number of hydrogen-bond acceptors (Lipinski definition) is 3. The number of benzene rings is 2. The largest absolute Gasteiger partial charge is 0.494 e. The molecule has 82 heavy (non-hydrogen) atoms. The van der Waals surface area contributed by atoms with E-state index in [0.717, 1.165) is 22.3 Å². The zero-order valence-corrected chi connectivity index (χ0v) is 48.0. The first-order valence-corrected chi connectivity index (χ1v) is 27.0. The molecule has 304 valence electrons. The second-order valence-electron chi connectivity index (χ2n) is 23.1. The molecular formula is C24H26B55NO2. The van der Waals surface area contributed by atoms with E-state index in [0.29, 0.717) is 5.56 Å². The summed E-state index contributed by atoms with van der Waals surface area (Å²) < 4.78 is 52.3. The van der Waals surface area contributed by atoms with Gasteiger partial charge in [-0.05, 0) is 57.3 Å². The minimum absolute atomic E-state index is 0.161. The molecule has 0 bridgehead atoms. The molecule has 1 aliphatic rings. The molecule has 3 nitrogen and oxygen atoms in total. The van der Waals surface area contributed by atoms with Crippen molar-refractivity contribution in [1.29, 1.82) is 0 Å². The van der Waals surface area contributed by atoms with Gasteiger partial charge in [0.25, 0.3) is 0 Å². The van der Waals surface area contributed by atoms with Gasteiger partial charge in [0.15, 0.2) is 0 Å². The van der Waals surface area contributed by atoms with Gasteiger partial charge >= 0.3 is 7.12 Å². The lowest BCUT2D eigenvalue weighted by Gasteiger charge is -2.58. The standard InChI is InChI=1S/C24H26BNO2.B54/c1-17-15-22(26-16-21(17)18-9-7-6-8-10-18)19-11-13-20(14-12-19)25-27-23(2,3)24(4,5)28-25;1-29(2)43(30(3)4)50(44(31(5)6)32(7)8)53(49(41(25)26)42(27)28)54(51(45(33(9)10)34(11)12)46(35(13)14)36(15)16)52(47(37(17)18)38(19)20)48(39(21)22)40(23)24/h6-16H,1-5H3;/i6D,7D,8D,9D,10D;. The third-order valence-electron chi connectivity index (χ3n) is 16.7. The van der Waals surface area contributed by atoms with Gasteiger partial charge in [0.05, 0.1) is 23.7 Å². The van der Waals surface area contributed by atoms with Gasteiger partial charge in [0.2, 0.25) is 0 Å². The smallest absolute Gasteiger partial charge is 0.399 e. The summed E-state index contributed by atoms with van der Waals surface area (Å²) in [4.78, 5) is 4.53. The van der Waals surface area contributed by atoms with Gasteiger partial charge in [0, 0.05) is 400 Å². The monoisotopic (exact) mass is 971 g/mol. The number of pyridine rings is 1. The first-order valence-electron chi connectivity index (χ1n) is 29.5. The summed E-state index contributed by atoms with van der Waals surface area (Å²) in [7, 11) is 181. The molecule has 1 aliphatic heterocycles. The SMILES string of the molecule is [2H]c1c([2H])c([2H])c(-c2cnc(-c3ccc(B4OC(C)(C)C(C)(C)O4)cc3)cc2C)c([2H])c1[2H].[B]B([B])B(B([B])[B])B(B(B([B])[B])B([B])[B])B(B(B([B])[B])B([B])[B])B(B(B(B([B])[B])B([B])[B])B(B([B])[B])B([B])[B])B(B(B([B])[B])B([B])[B])B(B([B])[B])B([B])[B]. The van der Waals surface area contributed by atoms with Crippen molar-refractivity contribution < 1.29 is 16.2 Å². The van der Waals surface area contributed by atoms with Gasteiger partial charge in [-0.3, -0.25) is 4.98 Å². The highest BCUT2D eigenvalue weighted by Crippen LogP contribution is 2.37. The fraction of sp³-hybridized carbons (Fsp3) is 0.292. The Kier molecular flexibility index (Phi) is 28.6. The Morgan fingerprint density at radius 1 is 0.366 bits per heavy atom. The number of hydrogen-bond donors (Lipinski definition) is 0. The van der Waals surface area contributed by atoms with E-state index in [1.54, 1.807) is 6.20 Å². The van der Waals surface area contributed by atoms with Crippen LogP contribution >= 0.6 is 0 Å². The Labute approximate surface area is 552 Å². The molecule has 1 saturated heterocycles. The van der Waals surface area contributed by atoms with E-state index in [4.69, 9.17) is 233 Å². The highest BCUT2D eigenvalue weighted by Gasteiger charge is 2.61. The van der Waals surface area contributed by atoms with Crippen molar-refractivity contribution in [2.24, 2.45) is 0 Å². The molecule has 0 atom stereocenters. The van der Waals surface area contributed by atoms with E-state index in [-0.39, 0.29) is 29.7 Å². The molecule has 0 amide bonds. The maximum absolute atomic E-state index is 8.22. The van der Waals surface area contributed by atoms with Crippen LogP contribution in [0.25, 0.3) is 22.4 Å². The molecule has 0 aliphatic carbocycles. The molecule has 4 rings (SSSR count). The Morgan fingerprint density at radius 3 is 0.854 bits per heavy atom. The molecule has 1 aromatic heterocycles. The molecule has 56 radical (unpaired) electrons. The van der Waals surface area contributed by atoms with Crippen molar-refractivity contribution >= 4 is 395 Å². The van der Waals surface area contributed by atoms with Crippen LogP contribution in [0, 0.1) is 6.92 Å². The fourth-order valence-corrected chi connectivity index (χ4v) is 12.4. The van der Waals surface area contributed by atoms with Crippen LogP contribution in [-0.2, 0) is 9.31 Å². The average molecular weight is 960 g/mol. The molecule has 0 N–H and O–H groups in total. The Hall–Kier alpha value is 1.08. The van der Waals surface area contributed by atoms with Crippen LogP contribution in [0.3, 0.4) is 0 Å². The molecule has 3 aromatic rings. The lowest BCUT2D eigenvalue weighted by Crippen LogP contribution is -2.96. The van der Waals surface area contributed by atoms with Crippen molar-refractivity contribution in [2.45, 2.75) is 45.8 Å². The molecule has 2 aromatic carbocycles. The number of rotatable bonds is 28. The number of nitrogens with zero attached hydrogens (tertiary/aromatic N) is 1. The Morgan fingerprint density at radius 2 is 0.610 bits per heavy atom. The van der Waals surface area contributed by atoms with Crippen molar-refractivity contribution in [3.8, 4) is 22.4 Å². The lowest BCUT2D eigenvalue weighted by molar-refractivity contribution is 0.00578. The number of aryl methyl sites for hydroxylation is 1. The van der Waals surface area contributed by atoms with Crippen LogP contribution in [0.4, 0.5) is 0 Å². The Balaban J connectivity index is 0.000000506. The molecule has 1 fully saturated rings. The quantitative estimate of drug-likeness (QED) is 0.0680. The van der Waals surface area contributed by atoms with Gasteiger partial charge in [-0.2, -0.15) is 0 Å². The van der Waals surface area contributed by atoms with Crippen LogP contribution in [0.2, 0.25) is 0 Å². The van der Waals surface area contributed by atoms with Crippen molar-refractivity contribution in [3.05, 3.63) is 72.3 Å². The maximum Gasteiger partial charge on any atom is 0.494 e. The summed E-state index contributed by atoms with van der Waals surface area (Å²) in [5.74, 6) is 0. The van der Waals surface area contributed by atoms with Crippen molar-refractivity contribution in [3.63, 3.8) is 0 Å². The third-order valence-corrected chi connectivity index (χ3v) is 16.7. The molecule has 2 heterocycles. The average Bonchev–Trinajstić information content (AvgIpc) is 1.40. The predicted molar refractivity (Wildman–Crippen MR) is 426 cm³/mol. The van der Waals surface area contributed by atoms with Gasteiger partial charge in [0.1, 0.15) is 0 Å². The summed E-state index contributed by atoms with van der Waals surface area (Å²) in [6, 6.07) is 8.10. The van der Waals surface area contributed by atoms with Gasteiger partial charge < -0.3 is 9.31 Å². The van der Waals surface area contributed by atoms with Crippen LogP contribution in [0.15, 0.2) is 66.7 Å². The van der Waals surface area contributed by atoms with Crippen LogP contribution in [-0.4, -0.2) is 406 Å². The summed E-state index contributed by atoms with van der Waals surface area (Å²) in [6.45, 7) is 9.92. The highest BCUT2D eigenvalue weighted by atomic mass is 16.7. The molecule has 0 unspecified atom stereocenters. The summed E-state index contributed by atoms with van der Waals surface area (Å²) >= 11 is 0. The minimum atomic E-state index is -1.44. The van der Waals surface area contributed by atoms with E-state index in [1.807, 2.05) is 65.0 Å². The zero-order valence-electron chi connectivity index (χ0n) is 53.0. The van der Waals surface area contributed by atoms with Crippen molar-refractivity contribution in [1.82, 2.24) is 4.98 Å². The predicted octanol–water partition coefficient (Wildman–Crippen LogP) is -15.5. The zero-order chi connectivity index (χ0) is 67.3. The maximum atomic E-state index is 8.22. The summed E-state index contributed by atoms with van der Waals surface area (Å²) in [5.41, 5.74) is 3.18. The third kappa shape index (κ3) is 19.6. The van der Waals surface area contributed by atoms with E-state index in [2.05, 4.69) is 4.98 Å². The fourth-order valence-electron chi connectivity index (χ4n) is 12.4.